The number of amides is 1. The van der Waals surface area contributed by atoms with Crippen molar-refractivity contribution in [2.45, 2.75) is 32.9 Å². The SMILES string of the molecule is CC(C)C[C@H](NC=O)C(=O)OCc1ccccc1. The van der Waals surface area contributed by atoms with Crippen molar-refractivity contribution in [2.24, 2.45) is 5.92 Å². The van der Waals surface area contributed by atoms with E-state index in [-0.39, 0.29) is 12.6 Å². The molecule has 0 fully saturated rings. The number of hydrogen-bond acceptors (Lipinski definition) is 3. The molecule has 0 bridgehead atoms. The van der Waals surface area contributed by atoms with Crippen LogP contribution in [0, 0.1) is 5.92 Å². The molecule has 1 rings (SSSR count). The van der Waals surface area contributed by atoms with E-state index in [1.165, 1.54) is 0 Å². The number of carbonyl (C=O) groups is 2. The molecule has 0 heterocycles. The molecule has 0 aromatic heterocycles. The van der Waals surface area contributed by atoms with E-state index in [0.717, 1.165) is 5.56 Å². The molecule has 0 radical (unpaired) electrons. The molecular formula is C14H19NO3. The monoisotopic (exact) mass is 249 g/mol. The quantitative estimate of drug-likeness (QED) is 0.593. The lowest BCUT2D eigenvalue weighted by atomic mass is 10.0. The molecule has 98 valence electrons. The predicted octanol–water partition coefficient (Wildman–Crippen LogP) is 1.89. The van der Waals surface area contributed by atoms with Crippen molar-refractivity contribution >= 4 is 12.4 Å². The van der Waals surface area contributed by atoms with Crippen molar-refractivity contribution < 1.29 is 14.3 Å². The van der Waals surface area contributed by atoms with Gasteiger partial charge in [-0.1, -0.05) is 44.2 Å². The maximum absolute atomic E-state index is 11.8. The first-order valence-electron chi connectivity index (χ1n) is 6.03. The van der Waals surface area contributed by atoms with Gasteiger partial charge in [-0.05, 0) is 17.9 Å². The second-order valence-electron chi connectivity index (χ2n) is 4.56. The maximum Gasteiger partial charge on any atom is 0.328 e. The first-order valence-corrected chi connectivity index (χ1v) is 6.03. The summed E-state index contributed by atoms with van der Waals surface area (Å²) in [7, 11) is 0. The lowest BCUT2D eigenvalue weighted by Crippen LogP contribution is -2.38. The van der Waals surface area contributed by atoms with Gasteiger partial charge in [-0.25, -0.2) is 4.79 Å². The molecule has 4 heteroatoms. The summed E-state index contributed by atoms with van der Waals surface area (Å²) in [6, 6.07) is 8.89. The minimum absolute atomic E-state index is 0.231. The van der Waals surface area contributed by atoms with Gasteiger partial charge < -0.3 is 10.1 Å². The Balaban J connectivity index is 2.48. The predicted molar refractivity (Wildman–Crippen MR) is 68.7 cm³/mol. The standard InChI is InChI=1S/C14H19NO3/c1-11(2)8-13(15-10-16)14(17)18-9-12-6-4-3-5-7-12/h3-7,10-11,13H,8-9H2,1-2H3,(H,15,16)/t13-/m0/s1. The van der Waals surface area contributed by atoms with Gasteiger partial charge >= 0.3 is 5.97 Å². The topological polar surface area (TPSA) is 55.4 Å². The third kappa shape index (κ3) is 4.99. The van der Waals surface area contributed by atoms with Crippen molar-refractivity contribution in [2.75, 3.05) is 0 Å². The third-order valence-electron chi connectivity index (χ3n) is 2.48. The highest BCUT2D eigenvalue weighted by Gasteiger charge is 2.20. The fraction of sp³-hybridized carbons (Fsp3) is 0.429. The highest BCUT2D eigenvalue weighted by Crippen LogP contribution is 2.08. The molecule has 0 aliphatic heterocycles. The van der Waals surface area contributed by atoms with E-state index >= 15 is 0 Å². The summed E-state index contributed by atoms with van der Waals surface area (Å²) in [5.41, 5.74) is 0.931. The molecule has 1 atom stereocenters. The summed E-state index contributed by atoms with van der Waals surface area (Å²) < 4.78 is 5.18. The Hall–Kier alpha value is -1.84. The molecule has 0 saturated heterocycles. The Morgan fingerprint density at radius 3 is 2.56 bits per heavy atom. The van der Waals surface area contributed by atoms with Gasteiger partial charge in [0, 0.05) is 0 Å². The number of rotatable bonds is 7. The summed E-state index contributed by atoms with van der Waals surface area (Å²) in [5.74, 6) is -0.0774. The van der Waals surface area contributed by atoms with Gasteiger partial charge in [0.1, 0.15) is 12.6 Å². The van der Waals surface area contributed by atoms with Crippen LogP contribution in [0.5, 0.6) is 0 Å². The first kappa shape index (κ1) is 14.2. The van der Waals surface area contributed by atoms with Gasteiger partial charge in [0.2, 0.25) is 6.41 Å². The van der Waals surface area contributed by atoms with Gasteiger partial charge in [-0.15, -0.1) is 0 Å². The summed E-state index contributed by atoms with van der Waals surface area (Å²) in [5, 5.41) is 2.49. The van der Waals surface area contributed by atoms with Crippen LogP contribution in [0.4, 0.5) is 0 Å². The lowest BCUT2D eigenvalue weighted by molar-refractivity contribution is -0.148. The first-order chi connectivity index (χ1) is 8.63. The van der Waals surface area contributed by atoms with Gasteiger partial charge in [0.15, 0.2) is 0 Å². The molecule has 4 nitrogen and oxygen atoms in total. The molecule has 1 N–H and O–H groups in total. The summed E-state index contributed by atoms with van der Waals surface area (Å²) in [6.07, 6.45) is 1.11. The Labute approximate surface area is 107 Å². The number of benzene rings is 1. The molecule has 0 unspecified atom stereocenters. The number of nitrogens with one attached hydrogen (secondary N) is 1. The highest BCUT2D eigenvalue weighted by molar-refractivity contribution is 5.78. The zero-order valence-corrected chi connectivity index (χ0v) is 10.8. The van der Waals surface area contributed by atoms with Crippen LogP contribution in [-0.4, -0.2) is 18.4 Å². The van der Waals surface area contributed by atoms with Gasteiger partial charge in [0.05, 0.1) is 0 Å². The van der Waals surface area contributed by atoms with Crippen LogP contribution in [0.2, 0.25) is 0 Å². The van der Waals surface area contributed by atoms with Crippen molar-refractivity contribution in [3.63, 3.8) is 0 Å². The lowest BCUT2D eigenvalue weighted by Gasteiger charge is -2.16. The minimum Gasteiger partial charge on any atom is -0.459 e. The van der Waals surface area contributed by atoms with E-state index in [4.69, 9.17) is 4.74 Å². The van der Waals surface area contributed by atoms with Crippen LogP contribution >= 0.6 is 0 Å². The summed E-state index contributed by atoms with van der Waals surface area (Å²) in [4.78, 5) is 22.3. The fourth-order valence-corrected chi connectivity index (χ4v) is 1.62. The molecule has 1 aromatic carbocycles. The van der Waals surface area contributed by atoms with Crippen molar-refractivity contribution in [3.05, 3.63) is 35.9 Å². The third-order valence-corrected chi connectivity index (χ3v) is 2.48. The van der Waals surface area contributed by atoms with Crippen LogP contribution in [-0.2, 0) is 20.9 Å². The molecule has 0 aliphatic carbocycles. The second-order valence-corrected chi connectivity index (χ2v) is 4.56. The number of carbonyl (C=O) groups excluding carboxylic acids is 2. The van der Waals surface area contributed by atoms with Gasteiger partial charge in [0.25, 0.3) is 0 Å². The summed E-state index contributed by atoms with van der Waals surface area (Å²) >= 11 is 0. The van der Waals surface area contributed by atoms with Crippen LogP contribution in [0.3, 0.4) is 0 Å². The van der Waals surface area contributed by atoms with Crippen LogP contribution < -0.4 is 5.32 Å². The highest BCUT2D eigenvalue weighted by atomic mass is 16.5. The Bertz CT molecular complexity index is 376. The van der Waals surface area contributed by atoms with E-state index in [1.807, 2.05) is 44.2 Å². The van der Waals surface area contributed by atoms with Crippen molar-refractivity contribution in [1.29, 1.82) is 0 Å². The van der Waals surface area contributed by atoms with Crippen LogP contribution in [0.25, 0.3) is 0 Å². The molecule has 1 amide bonds. The molecule has 0 aliphatic rings. The van der Waals surface area contributed by atoms with E-state index in [1.54, 1.807) is 0 Å². The van der Waals surface area contributed by atoms with Crippen LogP contribution in [0.1, 0.15) is 25.8 Å². The molecule has 1 aromatic rings. The minimum atomic E-state index is -0.564. The van der Waals surface area contributed by atoms with E-state index in [2.05, 4.69) is 5.32 Å². The van der Waals surface area contributed by atoms with Gasteiger partial charge in [-0.2, -0.15) is 0 Å². The number of esters is 1. The zero-order valence-electron chi connectivity index (χ0n) is 10.8. The largest absolute Gasteiger partial charge is 0.459 e. The molecule has 0 spiro atoms. The molecular weight excluding hydrogens is 230 g/mol. The average molecular weight is 249 g/mol. The van der Waals surface area contributed by atoms with Crippen molar-refractivity contribution in [3.8, 4) is 0 Å². The molecule has 18 heavy (non-hydrogen) atoms. The Kier molecular flexibility index (Phi) is 5.91. The fourth-order valence-electron chi connectivity index (χ4n) is 1.62. The molecule has 0 saturated carbocycles. The Morgan fingerprint density at radius 1 is 1.33 bits per heavy atom. The van der Waals surface area contributed by atoms with Crippen LogP contribution in [0.15, 0.2) is 30.3 Å². The average Bonchev–Trinajstić information content (AvgIpc) is 2.36. The normalized spacial score (nSPS) is 11.9. The van der Waals surface area contributed by atoms with Gasteiger partial charge in [-0.3, -0.25) is 4.79 Å². The van der Waals surface area contributed by atoms with E-state index < -0.39 is 6.04 Å². The Morgan fingerprint density at radius 2 is 2.00 bits per heavy atom. The van der Waals surface area contributed by atoms with E-state index in [0.29, 0.717) is 18.7 Å². The summed E-state index contributed by atoms with van der Waals surface area (Å²) in [6.45, 7) is 4.21. The zero-order chi connectivity index (χ0) is 13.4. The second kappa shape index (κ2) is 7.48. The maximum atomic E-state index is 11.8. The number of ether oxygens (including phenoxy) is 1. The smallest absolute Gasteiger partial charge is 0.328 e. The van der Waals surface area contributed by atoms with Crippen molar-refractivity contribution in [1.82, 2.24) is 5.32 Å². The van der Waals surface area contributed by atoms with E-state index in [9.17, 15) is 9.59 Å². The number of hydrogen-bond donors (Lipinski definition) is 1.